The van der Waals surface area contributed by atoms with Crippen LogP contribution in [0.1, 0.15) is 27.4 Å². The van der Waals surface area contributed by atoms with Crippen molar-refractivity contribution in [1.29, 1.82) is 0 Å². The summed E-state index contributed by atoms with van der Waals surface area (Å²) >= 11 is 0. The van der Waals surface area contributed by atoms with Gasteiger partial charge in [0.2, 0.25) is 0 Å². The van der Waals surface area contributed by atoms with Gasteiger partial charge in [-0.15, -0.1) is 0 Å². The van der Waals surface area contributed by atoms with E-state index in [1.54, 1.807) is 30.7 Å². The summed E-state index contributed by atoms with van der Waals surface area (Å²) in [6, 6.07) is 25.9. The topological polar surface area (TPSA) is 67.8 Å². The van der Waals surface area contributed by atoms with Crippen molar-refractivity contribution < 1.29 is 4.79 Å². The molecule has 5 nitrogen and oxygen atoms in total. The molecule has 1 aromatic carbocycles. The van der Waals surface area contributed by atoms with Crippen LogP contribution >= 0.6 is 0 Å². The number of hydrogen-bond donors (Lipinski definition) is 1. The minimum absolute atomic E-state index is 0.234. The SMILES string of the molecule is O=C(NC(c1ccccn1)(c1ccccn1)c1ccccn1)c1ccccc1. The summed E-state index contributed by atoms with van der Waals surface area (Å²) in [5, 5.41) is 3.17. The number of benzene rings is 1. The molecule has 0 fully saturated rings. The average molecular weight is 366 g/mol. The lowest BCUT2D eigenvalue weighted by molar-refractivity contribution is 0.0921. The molecule has 4 aromatic rings. The molecule has 28 heavy (non-hydrogen) atoms. The third-order valence-electron chi connectivity index (χ3n) is 4.48. The van der Waals surface area contributed by atoms with E-state index in [1.807, 2.05) is 72.8 Å². The smallest absolute Gasteiger partial charge is 0.252 e. The molecular weight excluding hydrogens is 348 g/mol. The van der Waals surface area contributed by atoms with Crippen molar-refractivity contribution in [3.8, 4) is 0 Å². The fraction of sp³-hybridized carbons (Fsp3) is 0.0435. The van der Waals surface area contributed by atoms with Gasteiger partial charge in [0, 0.05) is 24.2 Å². The number of amides is 1. The highest BCUT2D eigenvalue weighted by Crippen LogP contribution is 2.33. The van der Waals surface area contributed by atoms with E-state index < -0.39 is 5.54 Å². The number of pyridine rings is 3. The molecule has 1 N–H and O–H groups in total. The first-order valence-corrected chi connectivity index (χ1v) is 8.93. The number of nitrogens with one attached hydrogen (secondary N) is 1. The molecule has 5 heteroatoms. The number of rotatable bonds is 5. The number of carbonyl (C=O) groups excluding carboxylic acids is 1. The Labute approximate surface area is 163 Å². The molecule has 3 aromatic heterocycles. The van der Waals surface area contributed by atoms with Crippen LogP contribution in [0.15, 0.2) is 104 Å². The molecule has 0 bridgehead atoms. The Morgan fingerprint density at radius 1 is 0.607 bits per heavy atom. The lowest BCUT2D eigenvalue weighted by atomic mass is 9.85. The van der Waals surface area contributed by atoms with Crippen molar-refractivity contribution in [3.63, 3.8) is 0 Å². The van der Waals surface area contributed by atoms with Gasteiger partial charge >= 0.3 is 0 Å². The van der Waals surface area contributed by atoms with Crippen LogP contribution in [0.5, 0.6) is 0 Å². The molecule has 0 aliphatic carbocycles. The first-order valence-electron chi connectivity index (χ1n) is 8.93. The zero-order chi connectivity index (χ0) is 19.2. The Bertz CT molecular complexity index is 942. The maximum absolute atomic E-state index is 13.2. The van der Waals surface area contributed by atoms with Gasteiger partial charge in [-0.1, -0.05) is 36.4 Å². The molecule has 0 aliphatic rings. The molecule has 3 heterocycles. The Morgan fingerprint density at radius 2 is 1.04 bits per heavy atom. The van der Waals surface area contributed by atoms with Crippen molar-refractivity contribution in [1.82, 2.24) is 20.3 Å². The van der Waals surface area contributed by atoms with Crippen LogP contribution in [-0.4, -0.2) is 20.9 Å². The fourth-order valence-electron chi connectivity index (χ4n) is 3.17. The van der Waals surface area contributed by atoms with Crippen molar-refractivity contribution in [2.24, 2.45) is 0 Å². The Morgan fingerprint density at radius 3 is 1.43 bits per heavy atom. The van der Waals surface area contributed by atoms with Crippen LogP contribution in [0, 0.1) is 0 Å². The molecule has 136 valence electrons. The summed E-state index contributed by atoms with van der Waals surface area (Å²) < 4.78 is 0. The Balaban J connectivity index is 1.95. The van der Waals surface area contributed by atoms with E-state index in [2.05, 4.69) is 20.3 Å². The molecule has 0 atom stereocenters. The first kappa shape index (κ1) is 17.5. The van der Waals surface area contributed by atoms with Crippen LogP contribution in [0.4, 0.5) is 0 Å². The monoisotopic (exact) mass is 366 g/mol. The van der Waals surface area contributed by atoms with E-state index in [0.717, 1.165) is 0 Å². The highest BCUT2D eigenvalue weighted by atomic mass is 16.1. The Hall–Kier alpha value is -3.86. The number of aromatic nitrogens is 3. The van der Waals surface area contributed by atoms with Gasteiger partial charge in [-0.05, 0) is 48.5 Å². The quantitative estimate of drug-likeness (QED) is 0.586. The van der Waals surface area contributed by atoms with Crippen molar-refractivity contribution >= 4 is 5.91 Å². The average Bonchev–Trinajstić information content (AvgIpc) is 2.80. The van der Waals surface area contributed by atoms with Crippen molar-refractivity contribution in [2.75, 3.05) is 0 Å². The zero-order valence-electron chi connectivity index (χ0n) is 15.1. The van der Waals surface area contributed by atoms with E-state index in [0.29, 0.717) is 22.6 Å². The number of nitrogens with zero attached hydrogens (tertiary/aromatic N) is 3. The molecule has 0 unspecified atom stereocenters. The molecule has 1 amide bonds. The second-order valence-electron chi connectivity index (χ2n) is 6.22. The van der Waals surface area contributed by atoms with Gasteiger partial charge in [0.05, 0.1) is 17.1 Å². The third kappa shape index (κ3) is 3.25. The highest BCUT2D eigenvalue weighted by molar-refractivity contribution is 5.95. The minimum atomic E-state index is -1.13. The van der Waals surface area contributed by atoms with Gasteiger partial charge in [0.25, 0.3) is 5.91 Å². The van der Waals surface area contributed by atoms with Crippen LogP contribution in [0.2, 0.25) is 0 Å². The van der Waals surface area contributed by atoms with Crippen molar-refractivity contribution in [2.45, 2.75) is 5.54 Å². The number of hydrogen-bond acceptors (Lipinski definition) is 4. The molecule has 0 saturated carbocycles. The summed E-state index contributed by atoms with van der Waals surface area (Å²) in [5.41, 5.74) is 1.33. The largest absolute Gasteiger partial charge is 0.330 e. The summed E-state index contributed by atoms with van der Waals surface area (Å²) in [4.78, 5) is 26.9. The minimum Gasteiger partial charge on any atom is -0.330 e. The van der Waals surface area contributed by atoms with Gasteiger partial charge in [0.15, 0.2) is 5.54 Å². The van der Waals surface area contributed by atoms with Crippen molar-refractivity contribution in [3.05, 3.63) is 126 Å². The lowest BCUT2D eigenvalue weighted by Gasteiger charge is -2.33. The predicted octanol–water partition coefficient (Wildman–Crippen LogP) is 3.59. The molecule has 0 aliphatic heterocycles. The maximum Gasteiger partial charge on any atom is 0.252 e. The highest BCUT2D eigenvalue weighted by Gasteiger charge is 2.42. The van der Waals surface area contributed by atoms with E-state index >= 15 is 0 Å². The molecule has 0 saturated heterocycles. The lowest BCUT2D eigenvalue weighted by Crippen LogP contribution is -2.49. The van der Waals surface area contributed by atoms with E-state index in [9.17, 15) is 4.79 Å². The number of carbonyl (C=O) groups is 1. The molecule has 4 rings (SSSR count). The normalized spacial score (nSPS) is 11.0. The van der Waals surface area contributed by atoms with Gasteiger partial charge in [-0.25, -0.2) is 0 Å². The molecular formula is C23H18N4O. The standard InChI is InChI=1S/C23H18N4O/c28-22(18-10-2-1-3-11-18)27-23(19-12-4-7-15-24-19,20-13-5-8-16-25-20)21-14-6-9-17-26-21/h1-17H,(H,27,28). The van der Waals surface area contributed by atoms with E-state index in [4.69, 9.17) is 0 Å². The van der Waals surface area contributed by atoms with E-state index in [-0.39, 0.29) is 5.91 Å². The van der Waals surface area contributed by atoms with Crippen LogP contribution in [0.25, 0.3) is 0 Å². The van der Waals surface area contributed by atoms with Crippen LogP contribution in [0.3, 0.4) is 0 Å². The summed E-state index contributed by atoms with van der Waals surface area (Å²) in [7, 11) is 0. The second kappa shape index (κ2) is 7.80. The summed E-state index contributed by atoms with van der Waals surface area (Å²) in [6.45, 7) is 0. The molecule has 0 spiro atoms. The summed E-state index contributed by atoms with van der Waals surface area (Å²) in [6.07, 6.45) is 5.10. The predicted molar refractivity (Wildman–Crippen MR) is 107 cm³/mol. The first-order chi connectivity index (χ1) is 13.8. The van der Waals surface area contributed by atoms with Crippen LogP contribution < -0.4 is 5.32 Å². The Kier molecular flexibility index (Phi) is 4.89. The maximum atomic E-state index is 13.2. The fourth-order valence-corrected chi connectivity index (χ4v) is 3.17. The van der Waals surface area contributed by atoms with Gasteiger partial charge in [-0.2, -0.15) is 0 Å². The van der Waals surface area contributed by atoms with Gasteiger partial charge < -0.3 is 5.32 Å². The third-order valence-corrected chi connectivity index (χ3v) is 4.48. The molecule has 0 radical (unpaired) electrons. The zero-order valence-corrected chi connectivity index (χ0v) is 15.1. The van der Waals surface area contributed by atoms with Crippen LogP contribution in [-0.2, 0) is 5.54 Å². The second-order valence-corrected chi connectivity index (χ2v) is 6.22. The van der Waals surface area contributed by atoms with E-state index in [1.165, 1.54) is 0 Å². The summed E-state index contributed by atoms with van der Waals surface area (Å²) in [5.74, 6) is -0.234. The van der Waals surface area contributed by atoms with Gasteiger partial charge in [-0.3, -0.25) is 19.7 Å². The van der Waals surface area contributed by atoms with Gasteiger partial charge in [0.1, 0.15) is 0 Å².